The number of nitrogens with zero attached hydrogens (tertiary/aromatic N) is 2. The topological polar surface area (TPSA) is 58.2 Å². The first-order valence-corrected chi connectivity index (χ1v) is 4.06. The lowest BCUT2D eigenvalue weighted by Gasteiger charge is -2.07. The highest BCUT2D eigenvalue weighted by Crippen LogP contribution is 2.21. The molecule has 5 nitrogen and oxygen atoms in total. The maximum Gasteiger partial charge on any atom is 0.417 e. The fourth-order valence-electron chi connectivity index (χ4n) is 0.534. The average Bonchev–Trinajstić information content (AvgIpc) is 2.31. The van der Waals surface area contributed by atoms with Gasteiger partial charge in [0.2, 0.25) is 0 Å². The quantitative estimate of drug-likeness (QED) is 0.790. The minimum Gasteiger partial charge on any atom is -0.375 e. The van der Waals surface area contributed by atoms with Gasteiger partial charge >= 0.3 is 12.1 Å². The monoisotopic (exact) mass is 223 g/mol. The zero-order valence-corrected chi connectivity index (χ0v) is 8.48. The lowest BCUT2D eigenvalue weighted by Crippen LogP contribution is -2.25. The summed E-state index contributed by atoms with van der Waals surface area (Å²) in [5.74, 6) is 0. The highest BCUT2D eigenvalue weighted by molar-refractivity contribution is 6.40. The van der Waals surface area contributed by atoms with Gasteiger partial charge < -0.3 is 9.64 Å². The van der Waals surface area contributed by atoms with Crippen LogP contribution in [0.15, 0.2) is 0 Å². The Morgan fingerprint density at radius 2 is 2.15 bits per heavy atom. The maximum absolute atomic E-state index is 11.0. The predicted molar refractivity (Wildman–Crippen MR) is 48.3 cm³/mol. The van der Waals surface area contributed by atoms with Gasteiger partial charge in [0.25, 0.3) is 0 Å². The summed E-state index contributed by atoms with van der Waals surface area (Å²) in [6.45, 7) is 0. The number of halogens is 2. The van der Waals surface area contributed by atoms with Crippen molar-refractivity contribution in [3.63, 3.8) is 0 Å². The van der Waals surface area contributed by atoms with Gasteiger partial charge in [0.15, 0.2) is 5.15 Å². The average molecular weight is 224 g/mol. The van der Waals surface area contributed by atoms with Gasteiger partial charge in [-0.25, -0.2) is 4.79 Å². The van der Waals surface area contributed by atoms with Gasteiger partial charge in [-0.1, -0.05) is 23.2 Å². The number of carbonyl (C=O) groups excluding carboxylic acids is 1. The molecule has 0 radical (unpaired) electrons. The molecule has 0 bridgehead atoms. The van der Waals surface area contributed by atoms with Crippen molar-refractivity contribution in [2.45, 2.75) is 0 Å². The van der Waals surface area contributed by atoms with E-state index in [0.29, 0.717) is 0 Å². The van der Waals surface area contributed by atoms with Crippen molar-refractivity contribution < 1.29 is 9.53 Å². The number of amides is 1. The molecule has 0 saturated heterocycles. The van der Waals surface area contributed by atoms with Crippen LogP contribution in [-0.4, -0.2) is 35.1 Å². The van der Waals surface area contributed by atoms with E-state index in [4.69, 9.17) is 27.9 Å². The van der Waals surface area contributed by atoms with Crippen molar-refractivity contribution in [2.75, 3.05) is 14.1 Å². The molecule has 0 atom stereocenters. The number of rotatable bonds is 1. The van der Waals surface area contributed by atoms with Gasteiger partial charge in [0, 0.05) is 14.1 Å². The number of carbonyl (C=O) groups is 1. The predicted octanol–water partition coefficient (Wildman–Crippen LogP) is 1.78. The minimum absolute atomic E-state index is 0.0197. The highest BCUT2D eigenvalue weighted by Gasteiger charge is 2.12. The summed E-state index contributed by atoms with van der Waals surface area (Å²) < 4.78 is 4.73. The van der Waals surface area contributed by atoms with Gasteiger partial charge in [-0.3, -0.25) is 4.98 Å². The standard InChI is InChI=1S/C6H7Cl2N3O2/c1-11(2)6(12)13-5-9-3(7)4(8)10-5/h1-2H3,(H,9,10). The number of hydrogen-bond acceptors (Lipinski definition) is 3. The van der Waals surface area contributed by atoms with Crippen molar-refractivity contribution in [1.29, 1.82) is 0 Å². The normalized spacial score (nSPS) is 9.85. The number of aromatic amines is 1. The largest absolute Gasteiger partial charge is 0.417 e. The number of nitrogens with one attached hydrogen (secondary N) is 1. The molecule has 1 aromatic heterocycles. The summed E-state index contributed by atoms with van der Waals surface area (Å²) in [5, 5.41) is 0.214. The Labute approximate surface area is 84.6 Å². The second-order valence-corrected chi connectivity index (χ2v) is 3.15. The molecule has 72 valence electrons. The van der Waals surface area contributed by atoms with E-state index in [1.165, 1.54) is 4.90 Å². The molecule has 0 unspecified atom stereocenters. The van der Waals surface area contributed by atoms with Crippen LogP contribution in [-0.2, 0) is 0 Å². The first-order chi connectivity index (χ1) is 6.00. The SMILES string of the molecule is CN(C)C(=O)Oc1nc(Cl)c(Cl)[nH]1. The molecule has 0 aliphatic carbocycles. The van der Waals surface area contributed by atoms with E-state index in [1.54, 1.807) is 14.1 Å². The third kappa shape index (κ3) is 2.50. The van der Waals surface area contributed by atoms with Crippen LogP contribution in [0.2, 0.25) is 10.3 Å². The second-order valence-electron chi connectivity index (χ2n) is 2.41. The molecule has 13 heavy (non-hydrogen) atoms. The van der Waals surface area contributed by atoms with Gasteiger partial charge in [-0.2, -0.15) is 4.98 Å². The van der Waals surface area contributed by atoms with Crippen LogP contribution in [0.4, 0.5) is 4.79 Å². The molecule has 1 N–H and O–H groups in total. The van der Waals surface area contributed by atoms with E-state index in [1.807, 2.05) is 0 Å². The molecule has 0 fully saturated rings. The highest BCUT2D eigenvalue weighted by atomic mass is 35.5. The third-order valence-corrected chi connectivity index (χ3v) is 1.79. The van der Waals surface area contributed by atoms with Gasteiger partial charge in [0.1, 0.15) is 5.15 Å². The van der Waals surface area contributed by atoms with E-state index in [9.17, 15) is 4.79 Å². The van der Waals surface area contributed by atoms with Crippen LogP contribution in [0, 0.1) is 0 Å². The Morgan fingerprint density at radius 3 is 2.54 bits per heavy atom. The van der Waals surface area contributed by atoms with E-state index in [0.717, 1.165) is 0 Å². The maximum atomic E-state index is 11.0. The van der Waals surface area contributed by atoms with Gasteiger partial charge in [-0.05, 0) is 0 Å². The summed E-state index contributed by atoms with van der Waals surface area (Å²) in [6.07, 6.45) is -0.554. The molecule has 7 heteroatoms. The molecule has 1 heterocycles. The number of imidazole rings is 1. The Kier molecular flexibility index (Phi) is 3.00. The number of aromatic nitrogens is 2. The van der Waals surface area contributed by atoms with Crippen LogP contribution < -0.4 is 4.74 Å². The zero-order valence-electron chi connectivity index (χ0n) is 6.97. The summed E-state index contributed by atoms with van der Waals surface area (Å²) in [7, 11) is 3.10. The smallest absolute Gasteiger partial charge is 0.375 e. The van der Waals surface area contributed by atoms with Crippen LogP contribution >= 0.6 is 23.2 Å². The molecule has 0 aromatic carbocycles. The zero-order chi connectivity index (χ0) is 10.0. The lowest BCUT2D eigenvalue weighted by atomic mass is 10.9. The number of ether oxygens (including phenoxy) is 1. The summed E-state index contributed by atoms with van der Waals surface area (Å²) in [5.41, 5.74) is 0. The van der Waals surface area contributed by atoms with Crippen LogP contribution in [0.3, 0.4) is 0 Å². The molecular weight excluding hydrogens is 217 g/mol. The Balaban J connectivity index is 2.70. The van der Waals surface area contributed by atoms with Crippen molar-refractivity contribution in [3.05, 3.63) is 10.3 Å². The van der Waals surface area contributed by atoms with Gasteiger partial charge in [-0.15, -0.1) is 0 Å². The lowest BCUT2D eigenvalue weighted by molar-refractivity contribution is 0.168. The van der Waals surface area contributed by atoms with Crippen molar-refractivity contribution >= 4 is 29.3 Å². The van der Waals surface area contributed by atoms with E-state index >= 15 is 0 Å². The fraction of sp³-hybridized carbons (Fsp3) is 0.333. The van der Waals surface area contributed by atoms with Crippen LogP contribution in [0.5, 0.6) is 6.01 Å². The molecule has 1 rings (SSSR count). The first kappa shape index (κ1) is 10.1. The summed E-state index contributed by atoms with van der Waals surface area (Å²) in [6, 6.07) is -0.0197. The molecule has 1 aromatic rings. The van der Waals surface area contributed by atoms with Crippen molar-refractivity contribution in [1.82, 2.24) is 14.9 Å². The van der Waals surface area contributed by atoms with Crippen molar-refractivity contribution in [3.8, 4) is 6.01 Å². The van der Waals surface area contributed by atoms with Crippen LogP contribution in [0.1, 0.15) is 0 Å². The first-order valence-electron chi connectivity index (χ1n) is 3.31. The Bertz CT molecular complexity index is 304. The van der Waals surface area contributed by atoms with Crippen molar-refractivity contribution in [2.24, 2.45) is 0 Å². The fourth-order valence-corrected chi connectivity index (χ4v) is 0.781. The molecule has 0 aliphatic heterocycles. The van der Waals surface area contributed by atoms with Gasteiger partial charge in [0.05, 0.1) is 0 Å². The Hall–Kier alpha value is -0.940. The number of hydrogen-bond donors (Lipinski definition) is 1. The molecule has 1 amide bonds. The Morgan fingerprint density at radius 1 is 1.54 bits per heavy atom. The van der Waals surface area contributed by atoms with E-state index < -0.39 is 6.09 Å². The third-order valence-electron chi connectivity index (χ3n) is 1.15. The summed E-state index contributed by atoms with van der Waals surface area (Å²) >= 11 is 11.1. The molecule has 0 spiro atoms. The molecule has 0 aliphatic rings. The van der Waals surface area contributed by atoms with Crippen LogP contribution in [0.25, 0.3) is 0 Å². The molecular formula is C6H7Cl2N3O2. The second kappa shape index (κ2) is 3.85. The summed E-state index contributed by atoms with van der Waals surface area (Å²) in [4.78, 5) is 18.4. The van der Waals surface area contributed by atoms with E-state index in [2.05, 4.69) is 9.97 Å². The molecule has 0 saturated carbocycles. The van der Waals surface area contributed by atoms with E-state index in [-0.39, 0.29) is 16.3 Å². The number of H-pyrrole nitrogens is 1. The minimum atomic E-state index is -0.554.